The van der Waals surface area contributed by atoms with Gasteiger partial charge in [-0.2, -0.15) is 0 Å². The average molecular weight is 362 g/mol. The van der Waals surface area contributed by atoms with Crippen molar-refractivity contribution in [2.45, 2.75) is 45.2 Å². The second-order valence-corrected chi connectivity index (χ2v) is 7.86. The van der Waals surface area contributed by atoms with Gasteiger partial charge >= 0.3 is 0 Å². The zero-order valence-corrected chi connectivity index (χ0v) is 15.9. The van der Waals surface area contributed by atoms with Crippen molar-refractivity contribution in [1.29, 1.82) is 0 Å². The van der Waals surface area contributed by atoms with Crippen LogP contribution in [0.3, 0.4) is 0 Å². The van der Waals surface area contributed by atoms with Crippen molar-refractivity contribution in [3.8, 4) is 0 Å². The summed E-state index contributed by atoms with van der Waals surface area (Å²) >= 11 is 0. The fourth-order valence-corrected chi connectivity index (χ4v) is 4.37. The summed E-state index contributed by atoms with van der Waals surface area (Å²) in [5.41, 5.74) is 4.63. The van der Waals surface area contributed by atoms with Gasteiger partial charge in [-0.05, 0) is 56.8 Å². The van der Waals surface area contributed by atoms with Crippen molar-refractivity contribution in [1.82, 2.24) is 24.8 Å². The van der Waals surface area contributed by atoms with Crippen LogP contribution in [0.2, 0.25) is 0 Å². The molecule has 1 atom stereocenters. The Balaban J connectivity index is 1.33. The number of benzene rings is 1. The van der Waals surface area contributed by atoms with Crippen LogP contribution in [0, 0.1) is 6.92 Å². The topological polar surface area (TPSA) is 60.9 Å². The number of aryl methyl sites for hydroxylation is 1. The van der Waals surface area contributed by atoms with Gasteiger partial charge in [0.15, 0.2) is 0 Å². The van der Waals surface area contributed by atoms with Crippen molar-refractivity contribution in [2.75, 3.05) is 24.5 Å². The lowest BCUT2D eigenvalue weighted by Gasteiger charge is -2.23. The molecule has 5 rings (SSSR count). The van der Waals surface area contributed by atoms with Gasteiger partial charge in [0.2, 0.25) is 5.95 Å². The van der Waals surface area contributed by atoms with Crippen molar-refractivity contribution in [3.05, 3.63) is 47.5 Å². The van der Waals surface area contributed by atoms with Crippen LogP contribution < -0.4 is 4.90 Å². The van der Waals surface area contributed by atoms with Gasteiger partial charge in [-0.25, -0.2) is 15.0 Å². The highest BCUT2D eigenvalue weighted by Gasteiger charge is 2.28. The molecule has 0 aliphatic carbocycles. The van der Waals surface area contributed by atoms with Crippen molar-refractivity contribution in [3.63, 3.8) is 0 Å². The molecule has 3 aromatic rings. The Morgan fingerprint density at radius 3 is 2.70 bits per heavy atom. The molecule has 0 spiro atoms. The van der Waals surface area contributed by atoms with Crippen molar-refractivity contribution in [2.24, 2.45) is 0 Å². The summed E-state index contributed by atoms with van der Waals surface area (Å²) in [5.74, 6) is 1.96. The third-order valence-corrected chi connectivity index (χ3v) is 5.80. The first kappa shape index (κ1) is 16.7. The Morgan fingerprint density at radius 2 is 1.89 bits per heavy atom. The Hall–Kier alpha value is -2.47. The summed E-state index contributed by atoms with van der Waals surface area (Å²) in [6, 6.07) is 6.75. The number of hydrogen-bond acceptors (Lipinski definition) is 5. The molecule has 1 N–H and O–H groups in total. The maximum Gasteiger partial charge on any atom is 0.225 e. The van der Waals surface area contributed by atoms with Crippen LogP contribution in [-0.2, 0) is 6.54 Å². The number of rotatable bonds is 4. The van der Waals surface area contributed by atoms with E-state index >= 15 is 0 Å². The van der Waals surface area contributed by atoms with E-state index in [1.165, 1.54) is 30.4 Å². The lowest BCUT2D eigenvalue weighted by Crippen LogP contribution is -2.24. The molecule has 2 aliphatic heterocycles. The molecule has 0 amide bonds. The number of likely N-dealkylation sites (tertiary alicyclic amines) is 1. The summed E-state index contributed by atoms with van der Waals surface area (Å²) in [6.45, 7) is 6.25. The molecule has 6 nitrogen and oxygen atoms in total. The third-order valence-electron chi connectivity index (χ3n) is 5.80. The van der Waals surface area contributed by atoms with Gasteiger partial charge in [0.25, 0.3) is 0 Å². The number of hydrogen-bond donors (Lipinski definition) is 1. The van der Waals surface area contributed by atoms with Crippen LogP contribution in [0.1, 0.15) is 48.7 Å². The van der Waals surface area contributed by atoms with Gasteiger partial charge in [0.1, 0.15) is 5.82 Å². The minimum atomic E-state index is 0.343. The molecule has 0 saturated carbocycles. The third kappa shape index (κ3) is 3.30. The minimum absolute atomic E-state index is 0.343. The van der Waals surface area contributed by atoms with E-state index < -0.39 is 0 Å². The van der Waals surface area contributed by atoms with E-state index in [0.717, 1.165) is 55.4 Å². The summed E-state index contributed by atoms with van der Waals surface area (Å²) in [6.07, 6.45) is 8.84. The highest BCUT2D eigenvalue weighted by Crippen LogP contribution is 2.32. The van der Waals surface area contributed by atoms with Crippen molar-refractivity contribution >= 4 is 17.0 Å². The van der Waals surface area contributed by atoms with E-state index in [4.69, 9.17) is 4.98 Å². The predicted octanol–water partition coefficient (Wildman–Crippen LogP) is 3.60. The molecule has 0 bridgehead atoms. The van der Waals surface area contributed by atoms with Gasteiger partial charge < -0.3 is 9.88 Å². The van der Waals surface area contributed by atoms with Gasteiger partial charge in [-0.3, -0.25) is 4.90 Å². The molecular weight excluding hydrogens is 336 g/mol. The smallest absolute Gasteiger partial charge is 0.225 e. The van der Waals surface area contributed by atoms with Crippen molar-refractivity contribution < 1.29 is 0 Å². The maximum atomic E-state index is 4.86. The first-order valence-corrected chi connectivity index (χ1v) is 10.0. The number of fused-ring (bicyclic) bond motifs is 1. The van der Waals surface area contributed by atoms with E-state index in [-0.39, 0.29) is 0 Å². The standard InChI is InChI=1S/C21H26N6/c1-15-6-7-17-18(11-15)25-20(24-17)19-5-4-10-27(19)14-16-12-22-21(23-13-16)26-8-2-3-9-26/h6-7,11-13,19H,2-5,8-10,14H2,1H3,(H,24,25). The average Bonchev–Trinajstić information content (AvgIpc) is 3.42. The van der Waals surface area contributed by atoms with E-state index in [0.29, 0.717) is 6.04 Å². The molecule has 140 valence electrons. The molecular formula is C21H26N6. The Morgan fingerprint density at radius 1 is 1.07 bits per heavy atom. The monoisotopic (exact) mass is 362 g/mol. The molecule has 2 aromatic heterocycles. The first-order chi connectivity index (χ1) is 13.3. The molecule has 1 aromatic carbocycles. The molecule has 2 fully saturated rings. The molecule has 1 unspecified atom stereocenters. The van der Waals surface area contributed by atoms with Gasteiger partial charge in [-0.15, -0.1) is 0 Å². The number of nitrogens with one attached hydrogen (secondary N) is 1. The second-order valence-electron chi connectivity index (χ2n) is 7.86. The molecule has 27 heavy (non-hydrogen) atoms. The van der Waals surface area contributed by atoms with Crippen LogP contribution in [0.5, 0.6) is 0 Å². The normalized spacial score (nSPS) is 20.8. The number of imidazole rings is 1. The largest absolute Gasteiger partial charge is 0.341 e. The molecule has 0 radical (unpaired) electrons. The fraction of sp³-hybridized carbons (Fsp3) is 0.476. The molecule has 4 heterocycles. The van der Waals surface area contributed by atoms with Crippen LogP contribution in [0.4, 0.5) is 5.95 Å². The second kappa shape index (κ2) is 6.93. The SMILES string of the molecule is Cc1ccc2nc(C3CCCN3Cc3cnc(N4CCCC4)nc3)[nH]c2c1. The summed E-state index contributed by atoms with van der Waals surface area (Å²) < 4.78 is 0. The Bertz CT molecular complexity index is 925. The van der Waals surface area contributed by atoms with E-state index in [1.807, 2.05) is 12.4 Å². The summed E-state index contributed by atoms with van der Waals surface area (Å²) in [5, 5.41) is 0. The van der Waals surface area contributed by atoms with E-state index in [2.05, 4.69) is 49.9 Å². The summed E-state index contributed by atoms with van der Waals surface area (Å²) in [4.78, 5) is 22.4. The van der Waals surface area contributed by atoms with Crippen LogP contribution in [0.25, 0.3) is 11.0 Å². The zero-order chi connectivity index (χ0) is 18.2. The first-order valence-electron chi connectivity index (χ1n) is 10.0. The molecule has 6 heteroatoms. The maximum absolute atomic E-state index is 4.86. The predicted molar refractivity (Wildman–Crippen MR) is 107 cm³/mol. The van der Waals surface area contributed by atoms with Crippen LogP contribution >= 0.6 is 0 Å². The molecule has 2 saturated heterocycles. The highest BCUT2D eigenvalue weighted by molar-refractivity contribution is 5.75. The van der Waals surface area contributed by atoms with Gasteiger partial charge in [0.05, 0.1) is 17.1 Å². The lowest BCUT2D eigenvalue weighted by atomic mass is 10.2. The lowest BCUT2D eigenvalue weighted by molar-refractivity contribution is 0.240. The fourth-order valence-electron chi connectivity index (χ4n) is 4.37. The van der Waals surface area contributed by atoms with Crippen LogP contribution in [-0.4, -0.2) is 44.5 Å². The Kier molecular flexibility index (Phi) is 4.28. The number of nitrogens with zero attached hydrogens (tertiary/aromatic N) is 5. The number of aromatic nitrogens is 4. The van der Waals surface area contributed by atoms with E-state index in [1.54, 1.807) is 0 Å². The number of anilines is 1. The van der Waals surface area contributed by atoms with Gasteiger partial charge in [0, 0.05) is 37.6 Å². The number of aromatic amines is 1. The minimum Gasteiger partial charge on any atom is -0.341 e. The molecule has 2 aliphatic rings. The van der Waals surface area contributed by atoms with E-state index in [9.17, 15) is 0 Å². The number of H-pyrrole nitrogens is 1. The van der Waals surface area contributed by atoms with Crippen LogP contribution in [0.15, 0.2) is 30.6 Å². The highest BCUT2D eigenvalue weighted by atomic mass is 15.3. The zero-order valence-electron chi connectivity index (χ0n) is 15.9. The quantitative estimate of drug-likeness (QED) is 0.768. The Labute approximate surface area is 159 Å². The summed E-state index contributed by atoms with van der Waals surface area (Å²) in [7, 11) is 0. The van der Waals surface area contributed by atoms with Gasteiger partial charge in [-0.1, -0.05) is 6.07 Å².